The molecule has 0 aliphatic rings. The summed E-state index contributed by atoms with van der Waals surface area (Å²) in [6.45, 7) is 10.1. The Morgan fingerprint density at radius 3 is 2.18 bits per heavy atom. The quantitative estimate of drug-likeness (QED) is 0.444. The number of fused-ring (bicyclic) bond motifs is 1. The van der Waals surface area contributed by atoms with Crippen LogP contribution in [0.15, 0.2) is 59.1 Å². The third kappa shape index (κ3) is 4.79. The number of nitrogens with zero attached hydrogens (tertiary/aromatic N) is 2. The van der Waals surface area contributed by atoms with Gasteiger partial charge in [0.2, 0.25) is 0 Å². The van der Waals surface area contributed by atoms with Crippen molar-refractivity contribution in [2.24, 2.45) is 11.8 Å². The lowest BCUT2D eigenvalue weighted by Crippen LogP contribution is -2.37. The van der Waals surface area contributed by atoms with Crippen molar-refractivity contribution in [3.63, 3.8) is 0 Å². The number of halogens is 1. The van der Waals surface area contributed by atoms with Crippen molar-refractivity contribution in [1.29, 1.82) is 0 Å². The molecule has 28 heavy (non-hydrogen) atoms. The molecular formula is C24H27BrN2O. The molecule has 0 spiro atoms. The minimum absolute atomic E-state index is 0.0827. The van der Waals surface area contributed by atoms with Gasteiger partial charge >= 0.3 is 0 Å². The summed E-state index contributed by atoms with van der Waals surface area (Å²) in [5.41, 5.74) is 3.40. The minimum Gasteiger partial charge on any atom is -0.338 e. The molecular weight excluding hydrogens is 412 g/mol. The Morgan fingerprint density at radius 2 is 1.57 bits per heavy atom. The van der Waals surface area contributed by atoms with E-state index in [9.17, 15) is 4.79 Å². The fraction of sp³-hybridized carbons (Fsp3) is 0.333. The Bertz CT molecular complexity index is 954. The van der Waals surface area contributed by atoms with E-state index in [-0.39, 0.29) is 5.91 Å². The highest BCUT2D eigenvalue weighted by molar-refractivity contribution is 9.10. The molecule has 1 amide bonds. The van der Waals surface area contributed by atoms with Crippen LogP contribution in [-0.4, -0.2) is 28.9 Å². The summed E-state index contributed by atoms with van der Waals surface area (Å²) in [6.07, 6.45) is 0. The highest BCUT2D eigenvalue weighted by atomic mass is 79.9. The van der Waals surface area contributed by atoms with Gasteiger partial charge in [-0.25, -0.2) is 4.98 Å². The van der Waals surface area contributed by atoms with E-state index >= 15 is 0 Å². The number of aromatic nitrogens is 1. The molecule has 0 bridgehead atoms. The smallest absolute Gasteiger partial charge is 0.254 e. The van der Waals surface area contributed by atoms with Crippen LogP contribution in [-0.2, 0) is 0 Å². The zero-order valence-corrected chi connectivity index (χ0v) is 18.5. The largest absolute Gasteiger partial charge is 0.338 e. The van der Waals surface area contributed by atoms with E-state index in [1.165, 1.54) is 0 Å². The van der Waals surface area contributed by atoms with E-state index in [2.05, 4.69) is 43.6 Å². The summed E-state index contributed by atoms with van der Waals surface area (Å²) in [4.78, 5) is 20.4. The second-order valence-corrected chi connectivity index (χ2v) is 8.99. The van der Waals surface area contributed by atoms with E-state index in [0.717, 1.165) is 45.3 Å². The molecule has 1 aromatic heterocycles. The Balaban J connectivity index is 2.12. The lowest BCUT2D eigenvalue weighted by molar-refractivity contribution is 0.0717. The van der Waals surface area contributed by atoms with E-state index in [4.69, 9.17) is 4.98 Å². The number of hydrogen-bond donors (Lipinski definition) is 0. The highest BCUT2D eigenvalue weighted by Gasteiger charge is 2.21. The van der Waals surface area contributed by atoms with Gasteiger partial charge in [-0.1, -0.05) is 74.0 Å². The number of benzene rings is 2. The lowest BCUT2D eigenvalue weighted by atomic mass is 10.0. The van der Waals surface area contributed by atoms with Crippen molar-refractivity contribution in [2.45, 2.75) is 27.7 Å². The average Bonchev–Trinajstić information content (AvgIpc) is 2.66. The molecule has 0 atom stereocenters. The number of amides is 1. The molecule has 0 radical (unpaired) electrons. The van der Waals surface area contributed by atoms with Crippen molar-refractivity contribution in [3.05, 3.63) is 64.6 Å². The second-order valence-electron chi connectivity index (χ2n) is 8.08. The number of hydrogen-bond acceptors (Lipinski definition) is 2. The van der Waals surface area contributed by atoms with Crippen LogP contribution in [0.1, 0.15) is 38.1 Å². The van der Waals surface area contributed by atoms with Gasteiger partial charge < -0.3 is 4.90 Å². The summed E-state index contributed by atoms with van der Waals surface area (Å²) in [5.74, 6) is 0.919. The Hall–Kier alpha value is -2.20. The van der Waals surface area contributed by atoms with Gasteiger partial charge in [-0.05, 0) is 36.1 Å². The minimum atomic E-state index is 0.0827. The van der Waals surface area contributed by atoms with Crippen LogP contribution < -0.4 is 0 Å². The predicted molar refractivity (Wildman–Crippen MR) is 120 cm³/mol. The van der Waals surface area contributed by atoms with E-state index in [1.54, 1.807) is 0 Å². The van der Waals surface area contributed by atoms with Gasteiger partial charge in [0.05, 0.1) is 16.8 Å². The molecule has 0 saturated heterocycles. The number of rotatable bonds is 6. The fourth-order valence-corrected chi connectivity index (χ4v) is 3.68. The molecule has 0 aliphatic heterocycles. The van der Waals surface area contributed by atoms with Crippen molar-refractivity contribution < 1.29 is 4.79 Å². The van der Waals surface area contributed by atoms with Gasteiger partial charge in [0.15, 0.2) is 0 Å². The van der Waals surface area contributed by atoms with Crippen molar-refractivity contribution in [3.8, 4) is 11.3 Å². The van der Waals surface area contributed by atoms with Gasteiger partial charge in [-0.2, -0.15) is 0 Å². The van der Waals surface area contributed by atoms with Crippen molar-refractivity contribution in [2.75, 3.05) is 13.1 Å². The predicted octanol–water partition coefficient (Wildman–Crippen LogP) is 6.42. The summed E-state index contributed by atoms with van der Waals surface area (Å²) < 4.78 is 1.02. The molecule has 0 N–H and O–H groups in total. The first-order valence-corrected chi connectivity index (χ1v) is 10.6. The Labute approximate surface area is 175 Å². The third-order valence-corrected chi connectivity index (χ3v) is 5.07. The third-order valence-electron chi connectivity index (χ3n) is 4.54. The number of para-hydroxylation sites is 1. The maximum atomic E-state index is 13.6. The highest BCUT2D eigenvalue weighted by Crippen LogP contribution is 2.27. The molecule has 0 aliphatic carbocycles. The first-order valence-electron chi connectivity index (χ1n) is 9.80. The van der Waals surface area contributed by atoms with Crippen LogP contribution in [0.5, 0.6) is 0 Å². The molecule has 2 aromatic carbocycles. The molecule has 3 nitrogen and oxygen atoms in total. The number of carbonyl (C=O) groups excluding carboxylic acids is 1. The number of carbonyl (C=O) groups is 1. The van der Waals surface area contributed by atoms with Gasteiger partial charge in [0.25, 0.3) is 5.91 Å². The molecule has 4 heteroatoms. The standard InChI is InChI=1S/C24H27BrN2O/c1-16(2)14-27(15-17(3)4)24(28)21-13-23(18-9-11-19(25)12-10-18)26-22-8-6-5-7-20(21)22/h5-13,16-17H,14-15H2,1-4H3. The van der Waals surface area contributed by atoms with Crippen LogP contribution in [0, 0.1) is 11.8 Å². The summed E-state index contributed by atoms with van der Waals surface area (Å²) >= 11 is 3.48. The first kappa shape index (κ1) is 20.5. The summed E-state index contributed by atoms with van der Waals surface area (Å²) in [7, 11) is 0. The molecule has 0 saturated carbocycles. The topological polar surface area (TPSA) is 33.2 Å². The molecule has 3 aromatic rings. The zero-order valence-electron chi connectivity index (χ0n) is 16.9. The maximum absolute atomic E-state index is 13.6. The van der Waals surface area contributed by atoms with E-state index < -0.39 is 0 Å². The zero-order chi connectivity index (χ0) is 20.3. The van der Waals surface area contributed by atoms with Crippen LogP contribution in [0.2, 0.25) is 0 Å². The average molecular weight is 439 g/mol. The first-order chi connectivity index (χ1) is 13.3. The van der Waals surface area contributed by atoms with Crippen LogP contribution >= 0.6 is 15.9 Å². The number of pyridine rings is 1. The van der Waals surface area contributed by atoms with Crippen molar-refractivity contribution >= 4 is 32.7 Å². The van der Waals surface area contributed by atoms with Crippen LogP contribution in [0.4, 0.5) is 0 Å². The Morgan fingerprint density at radius 1 is 0.964 bits per heavy atom. The van der Waals surface area contributed by atoms with Gasteiger partial charge in [0, 0.05) is 28.5 Å². The summed E-state index contributed by atoms with van der Waals surface area (Å²) in [6, 6.07) is 17.9. The molecule has 1 heterocycles. The van der Waals surface area contributed by atoms with E-state index in [0.29, 0.717) is 11.8 Å². The second kappa shape index (κ2) is 8.87. The maximum Gasteiger partial charge on any atom is 0.254 e. The van der Waals surface area contributed by atoms with Crippen LogP contribution in [0.3, 0.4) is 0 Å². The SMILES string of the molecule is CC(C)CN(CC(C)C)C(=O)c1cc(-c2ccc(Br)cc2)nc2ccccc12. The molecule has 0 unspecified atom stereocenters. The van der Waals surface area contributed by atoms with Gasteiger partial charge in [0.1, 0.15) is 0 Å². The molecule has 3 rings (SSSR count). The normalized spacial score (nSPS) is 11.4. The van der Waals surface area contributed by atoms with Crippen molar-refractivity contribution in [1.82, 2.24) is 9.88 Å². The monoisotopic (exact) mass is 438 g/mol. The summed E-state index contributed by atoms with van der Waals surface area (Å²) in [5, 5.41) is 0.908. The fourth-order valence-electron chi connectivity index (χ4n) is 3.41. The van der Waals surface area contributed by atoms with Gasteiger partial charge in [-0.3, -0.25) is 4.79 Å². The van der Waals surface area contributed by atoms with E-state index in [1.807, 2.05) is 59.5 Å². The lowest BCUT2D eigenvalue weighted by Gasteiger charge is -2.27. The molecule has 0 fully saturated rings. The van der Waals surface area contributed by atoms with Gasteiger partial charge in [-0.15, -0.1) is 0 Å². The Kier molecular flexibility index (Phi) is 6.50. The molecule has 146 valence electrons. The van der Waals surface area contributed by atoms with Crippen LogP contribution in [0.25, 0.3) is 22.2 Å².